The second kappa shape index (κ2) is 8.53. The monoisotopic (exact) mass is 476 g/mol. The number of carbonyl (C=O) groups excluding carboxylic acids is 1. The SMILES string of the molecule is CC(CC(O)C(O)(CO)[C@H]1CCC2C3CC[C@H]4CC(=O)CC[C@]4(C)C3C[C@@H](O)[C@@]21C)[C@@H]1C[C@H]1C. The number of aliphatic hydroxyl groups excluding tert-OH is 3. The fourth-order valence-electron chi connectivity index (χ4n) is 10.1. The molecule has 0 spiro atoms. The van der Waals surface area contributed by atoms with E-state index in [1.165, 1.54) is 6.42 Å². The third-order valence-electron chi connectivity index (χ3n) is 12.5. The molecule has 0 amide bonds. The number of Topliss-reactive ketones (excluding diaryl/α,β-unsaturated/α-hetero) is 1. The molecule has 13 atom stereocenters. The number of carbonyl (C=O) groups is 1. The van der Waals surface area contributed by atoms with Crippen LogP contribution >= 0.6 is 0 Å². The van der Waals surface area contributed by atoms with E-state index >= 15 is 0 Å². The number of hydrogen-bond acceptors (Lipinski definition) is 5. The van der Waals surface area contributed by atoms with Crippen molar-refractivity contribution in [2.24, 2.45) is 58.2 Å². The molecule has 0 aliphatic heterocycles. The Morgan fingerprint density at radius 3 is 2.47 bits per heavy atom. The van der Waals surface area contributed by atoms with Gasteiger partial charge in [0.15, 0.2) is 0 Å². The van der Waals surface area contributed by atoms with E-state index in [-0.39, 0.29) is 17.3 Å². The Morgan fingerprint density at radius 1 is 1.12 bits per heavy atom. The largest absolute Gasteiger partial charge is 0.393 e. The van der Waals surface area contributed by atoms with Crippen molar-refractivity contribution < 1.29 is 25.2 Å². The minimum absolute atomic E-state index is 0.112. The van der Waals surface area contributed by atoms with Crippen LogP contribution in [0.1, 0.15) is 91.9 Å². The molecule has 5 fully saturated rings. The molecule has 6 unspecified atom stereocenters. The van der Waals surface area contributed by atoms with E-state index in [1.54, 1.807) is 0 Å². The predicted molar refractivity (Wildman–Crippen MR) is 131 cm³/mol. The van der Waals surface area contributed by atoms with Crippen LogP contribution in [0.3, 0.4) is 0 Å². The van der Waals surface area contributed by atoms with Gasteiger partial charge in [0, 0.05) is 24.2 Å². The molecule has 0 aromatic heterocycles. The Kier molecular flexibility index (Phi) is 6.32. The van der Waals surface area contributed by atoms with Crippen LogP contribution in [-0.2, 0) is 4.79 Å². The maximum atomic E-state index is 12.2. The van der Waals surface area contributed by atoms with Gasteiger partial charge in [0.1, 0.15) is 11.4 Å². The van der Waals surface area contributed by atoms with Crippen molar-refractivity contribution in [3.8, 4) is 0 Å². The van der Waals surface area contributed by atoms with Crippen molar-refractivity contribution >= 4 is 5.78 Å². The van der Waals surface area contributed by atoms with Crippen molar-refractivity contribution in [1.29, 1.82) is 0 Å². The van der Waals surface area contributed by atoms with Gasteiger partial charge in [-0.2, -0.15) is 0 Å². The summed E-state index contributed by atoms with van der Waals surface area (Å²) in [6.45, 7) is 8.44. The summed E-state index contributed by atoms with van der Waals surface area (Å²) in [5, 5.41) is 45.3. The summed E-state index contributed by atoms with van der Waals surface area (Å²) < 4.78 is 0. The zero-order valence-electron chi connectivity index (χ0n) is 21.7. The van der Waals surface area contributed by atoms with Gasteiger partial charge < -0.3 is 20.4 Å². The smallest absolute Gasteiger partial charge is 0.133 e. The molecule has 194 valence electrons. The molecule has 0 saturated heterocycles. The summed E-state index contributed by atoms with van der Waals surface area (Å²) in [5.74, 6) is 3.30. The topological polar surface area (TPSA) is 98.0 Å². The third-order valence-corrected chi connectivity index (χ3v) is 12.5. The molecule has 5 aliphatic carbocycles. The Hall–Kier alpha value is -0.490. The summed E-state index contributed by atoms with van der Waals surface area (Å²) in [6, 6.07) is 0. The van der Waals surface area contributed by atoms with Crippen LogP contribution in [0, 0.1) is 58.2 Å². The van der Waals surface area contributed by atoms with E-state index in [0.29, 0.717) is 67.0 Å². The molecule has 0 bridgehead atoms. The molecule has 0 aromatic rings. The summed E-state index contributed by atoms with van der Waals surface area (Å²) in [5.41, 5.74) is -1.98. The Morgan fingerprint density at radius 2 is 1.82 bits per heavy atom. The second-order valence-corrected chi connectivity index (χ2v) is 13.9. The number of rotatable bonds is 6. The molecular weight excluding hydrogens is 428 g/mol. The Labute approximate surface area is 205 Å². The van der Waals surface area contributed by atoms with E-state index in [9.17, 15) is 25.2 Å². The fraction of sp³-hybridized carbons (Fsp3) is 0.966. The molecule has 34 heavy (non-hydrogen) atoms. The first-order chi connectivity index (χ1) is 16.0. The first-order valence-electron chi connectivity index (χ1n) is 14.2. The van der Waals surface area contributed by atoms with Gasteiger partial charge in [0.05, 0.1) is 18.8 Å². The van der Waals surface area contributed by atoms with Gasteiger partial charge >= 0.3 is 0 Å². The van der Waals surface area contributed by atoms with Crippen molar-refractivity contribution in [3.63, 3.8) is 0 Å². The standard InChI is InChI=1S/C29H48O5/c1-16-11-21(16)17(2)12-26(33)29(34,15-30)24-8-7-22-20-6-5-18-13-19(31)9-10-27(18,3)23(20)14-25(32)28(22,24)4/h16-18,20-26,30,32-34H,5-15H2,1-4H3/t16-,17?,18+,20?,21-,22?,23?,24+,25-,26?,27+,28+,29?/m1/s1. The first-order valence-corrected chi connectivity index (χ1v) is 14.2. The van der Waals surface area contributed by atoms with E-state index in [1.807, 2.05) is 0 Å². The van der Waals surface area contributed by atoms with Crippen molar-refractivity contribution in [1.82, 2.24) is 0 Å². The van der Waals surface area contributed by atoms with Gasteiger partial charge in [-0.15, -0.1) is 0 Å². The number of aliphatic hydroxyl groups is 4. The van der Waals surface area contributed by atoms with Gasteiger partial charge in [-0.25, -0.2) is 0 Å². The average Bonchev–Trinajstić information content (AvgIpc) is 3.42. The average molecular weight is 477 g/mol. The van der Waals surface area contributed by atoms with Crippen LogP contribution in [-0.4, -0.2) is 50.6 Å². The van der Waals surface area contributed by atoms with Crippen LogP contribution < -0.4 is 0 Å². The highest BCUT2D eigenvalue weighted by Gasteiger charge is 2.67. The van der Waals surface area contributed by atoms with E-state index < -0.39 is 29.8 Å². The molecule has 5 saturated carbocycles. The lowest BCUT2D eigenvalue weighted by Crippen LogP contribution is -2.63. The van der Waals surface area contributed by atoms with Crippen LogP contribution in [0.25, 0.3) is 0 Å². The van der Waals surface area contributed by atoms with Crippen LogP contribution in [0.4, 0.5) is 0 Å². The molecule has 0 heterocycles. The van der Waals surface area contributed by atoms with Gasteiger partial charge in [-0.05, 0) is 98.2 Å². The van der Waals surface area contributed by atoms with E-state index in [0.717, 1.165) is 32.1 Å². The highest BCUT2D eigenvalue weighted by atomic mass is 16.4. The van der Waals surface area contributed by atoms with E-state index in [4.69, 9.17) is 0 Å². The summed E-state index contributed by atoms with van der Waals surface area (Å²) in [4.78, 5) is 12.2. The summed E-state index contributed by atoms with van der Waals surface area (Å²) in [6.07, 6.45) is 7.01. The lowest BCUT2D eigenvalue weighted by atomic mass is 9.43. The molecule has 5 aliphatic rings. The third kappa shape index (κ3) is 3.58. The zero-order valence-corrected chi connectivity index (χ0v) is 21.7. The Balaban J connectivity index is 1.39. The van der Waals surface area contributed by atoms with Gasteiger partial charge in [0.2, 0.25) is 0 Å². The van der Waals surface area contributed by atoms with Gasteiger partial charge in [-0.1, -0.05) is 27.7 Å². The summed E-state index contributed by atoms with van der Waals surface area (Å²) >= 11 is 0. The molecule has 0 aromatic carbocycles. The molecule has 5 nitrogen and oxygen atoms in total. The minimum Gasteiger partial charge on any atom is -0.393 e. The fourth-order valence-corrected chi connectivity index (χ4v) is 10.1. The first kappa shape index (κ1) is 25.2. The van der Waals surface area contributed by atoms with Gasteiger partial charge in [0.25, 0.3) is 0 Å². The molecule has 5 heteroatoms. The lowest BCUT2D eigenvalue weighted by Gasteiger charge is -2.62. The maximum absolute atomic E-state index is 12.2. The second-order valence-electron chi connectivity index (χ2n) is 13.9. The number of ketones is 1. The van der Waals surface area contributed by atoms with Crippen molar-refractivity contribution in [2.75, 3.05) is 6.61 Å². The highest BCUT2D eigenvalue weighted by molar-refractivity contribution is 5.79. The zero-order chi connectivity index (χ0) is 24.6. The quantitative estimate of drug-likeness (QED) is 0.465. The molecule has 0 radical (unpaired) electrons. The number of hydrogen-bond donors (Lipinski definition) is 4. The molecular formula is C29H48O5. The Bertz CT molecular complexity index is 799. The summed E-state index contributed by atoms with van der Waals surface area (Å²) in [7, 11) is 0. The van der Waals surface area contributed by atoms with Crippen molar-refractivity contribution in [2.45, 2.75) is 110 Å². The predicted octanol–water partition coefficient (Wildman–Crippen LogP) is 3.95. The van der Waals surface area contributed by atoms with Gasteiger partial charge in [-0.3, -0.25) is 4.79 Å². The van der Waals surface area contributed by atoms with Crippen LogP contribution in [0.5, 0.6) is 0 Å². The molecule has 5 rings (SSSR count). The highest BCUT2D eigenvalue weighted by Crippen LogP contribution is 2.68. The minimum atomic E-state index is -1.58. The van der Waals surface area contributed by atoms with E-state index in [2.05, 4.69) is 27.7 Å². The normalized spacial score (nSPS) is 51.6. The van der Waals surface area contributed by atoms with Crippen LogP contribution in [0.2, 0.25) is 0 Å². The van der Waals surface area contributed by atoms with Crippen LogP contribution in [0.15, 0.2) is 0 Å². The number of fused-ring (bicyclic) bond motifs is 5. The molecule has 4 N–H and O–H groups in total. The lowest BCUT2D eigenvalue weighted by molar-refractivity contribution is -0.216. The van der Waals surface area contributed by atoms with Crippen molar-refractivity contribution in [3.05, 3.63) is 0 Å². The maximum Gasteiger partial charge on any atom is 0.133 e.